The standard InChI is InChI=1S/C25H24N4O2/c1-3-31-23-9-5-4-8-20(23)25(30)28-16-21-22(17-28)26-29(19-12-10-18(2)11-13-19)24(21)27-14-6-7-15-27/h4-15H,3,16-17H2,1-2H3. The monoisotopic (exact) mass is 412 g/mol. The fraction of sp³-hybridized carbons (Fsp3) is 0.200. The van der Waals surface area contributed by atoms with Crippen molar-refractivity contribution < 1.29 is 9.53 Å². The third-order valence-electron chi connectivity index (χ3n) is 5.56. The summed E-state index contributed by atoms with van der Waals surface area (Å²) in [7, 11) is 0. The molecule has 6 heteroatoms. The molecular formula is C25H24N4O2. The molecule has 156 valence electrons. The second-order valence-corrected chi connectivity index (χ2v) is 7.68. The van der Waals surface area contributed by atoms with Crippen LogP contribution in [0.25, 0.3) is 11.5 Å². The number of aryl methyl sites for hydroxylation is 1. The maximum Gasteiger partial charge on any atom is 0.258 e. The number of hydrogen-bond donors (Lipinski definition) is 0. The van der Waals surface area contributed by atoms with Gasteiger partial charge < -0.3 is 14.2 Å². The van der Waals surface area contributed by atoms with Crippen molar-refractivity contribution in [2.75, 3.05) is 6.61 Å². The lowest BCUT2D eigenvalue weighted by Crippen LogP contribution is -2.27. The predicted molar refractivity (Wildman–Crippen MR) is 119 cm³/mol. The molecule has 0 fully saturated rings. The van der Waals surface area contributed by atoms with Crippen molar-refractivity contribution in [3.8, 4) is 17.3 Å². The molecular weight excluding hydrogens is 388 g/mol. The Bertz CT molecular complexity index is 1220. The Morgan fingerprint density at radius 1 is 1.00 bits per heavy atom. The number of para-hydroxylation sites is 1. The van der Waals surface area contributed by atoms with Crippen LogP contribution < -0.4 is 4.74 Å². The van der Waals surface area contributed by atoms with Gasteiger partial charge in [-0.05, 0) is 50.2 Å². The molecule has 0 aliphatic carbocycles. The summed E-state index contributed by atoms with van der Waals surface area (Å²) in [5.41, 5.74) is 4.79. The van der Waals surface area contributed by atoms with E-state index in [0.717, 1.165) is 22.8 Å². The van der Waals surface area contributed by atoms with E-state index in [4.69, 9.17) is 9.84 Å². The van der Waals surface area contributed by atoms with Crippen LogP contribution >= 0.6 is 0 Å². The molecule has 5 rings (SSSR count). The van der Waals surface area contributed by atoms with Gasteiger partial charge in [0.25, 0.3) is 5.91 Å². The molecule has 0 saturated heterocycles. The predicted octanol–water partition coefficient (Wildman–Crippen LogP) is 4.53. The second kappa shape index (κ2) is 7.80. The molecule has 0 N–H and O–H groups in total. The Morgan fingerprint density at radius 2 is 1.74 bits per heavy atom. The Kier molecular flexibility index (Phi) is 4.82. The van der Waals surface area contributed by atoms with E-state index in [1.807, 2.05) is 65.3 Å². The van der Waals surface area contributed by atoms with Gasteiger partial charge in [0, 0.05) is 18.0 Å². The zero-order valence-corrected chi connectivity index (χ0v) is 17.7. The average Bonchev–Trinajstić information content (AvgIpc) is 3.50. The molecule has 1 amide bonds. The number of carbonyl (C=O) groups is 1. The van der Waals surface area contributed by atoms with Gasteiger partial charge in [-0.25, -0.2) is 4.68 Å². The molecule has 0 atom stereocenters. The highest BCUT2D eigenvalue weighted by Crippen LogP contribution is 2.32. The van der Waals surface area contributed by atoms with E-state index in [9.17, 15) is 4.79 Å². The van der Waals surface area contributed by atoms with Crippen LogP contribution in [0.15, 0.2) is 73.1 Å². The van der Waals surface area contributed by atoms with Crippen molar-refractivity contribution in [3.05, 3.63) is 95.4 Å². The molecule has 0 unspecified atom stereocenters. The van der Waals surface area contributed by atoms with E-state index in [1.165, 1.54) is 5.56 Å². The van der Waals surface area contributed by atoms with Crippen LogP contribution in [0.2, 0.25) is 0 Å². The van der Waals surface area contributed by atoms with Crippen molar-refractivity contribution in [2.45, 2.75) is 26.9 Å². The van der Waals surface area contributed by atoms with E-state index >= 15 is 0 Å². The Hall–Kier alpha value is -3.80. The van der Waals surface area contributed by atoms with Crippen LogP contribution in [0.5, 0.6) is 5.75 Å². The number of ether oxygens (including phenoxy) is 1. The van der Waals surface area contributed by atoms with Crippen molar-refractivity contribution >= 4 is 5.91 Å². The molecule has 3 heterocycles. The molecule has 0 saturated carbocycles. The highest BCUT2D eigenvalue weighted by Gasteiger charge is 2.32. The molecule has 0 spiro atoms. The minimum absolute atomic E-state index is 0.0395. The van der Waals surface area contributed by atoms with Crippen LogP contribution in [0.3, 0.4) is 0 Å². The minimum Gasteiger partial charge on any atom is -0.493 e. The van der Waals surface area contributed by atoms with Crippen molar-refractivity contribution in [1.82, 2.24) is 19.2 Å². The number of rotatable bonds is 5. The summed E-state index contributed by atoms with van der Waals surface area (Å²) in [6.45, 7) is 5.49. The molecule has 6 nitrogen and oxygen atoms in total. The van der Waals surface area contributed by atoms with Gasteiger partial charge in [-0.2, -0.15) is 5.10 Å². The lowest BCUT2D eigenvalue weighted by Gasteiger charge is -2.19. The van der Waals surface area contributed by atoms with Gasteiger partial charge in [0.15, 0.2) is 0 Å². The van der Waals surface area contributed by atoms with Crippen LogP contribution in [0.1, 0.15) is 34.1 Å². The summed E-state index contributed by atoms with van der Waals surface area (Å²) in [4.78, 5) is 15.1. The third-order valence-corrected chi connectivity index (χ3v) is 5.56. The zero-order chi connectivity index (χ0) is 21.4. The highest BCUT2D eigenvalue weighted by molar-refractivity contribution is 5.97. The number of hydrogen-bond acceptors (Lipinski definition) is 3. The first kappa shape index (κ1) is 19.2. The summed E-state index contributed by atoms with van der Waals surface area (Å²) >= 11 is 0. The first-order valence-electron chi connectivity index (χ1n) is 10.5. The molecule has 1 aliphatic rings. The van der Waals surface area contributed by atoms with Crippen LogP contribution in [-0.4, -0.2) is 31.8 Å². The van der Waals surface area contributed by atoms with E-state index < -0.39 is 0 Å². The second-order valence-electron chi connectivity index (χ2n) is 7.68. The average molecular weight is 412 g/mol. The quantitative estimate of drug-likeness (QED) is 0.484. The lowest BCUT2D eigenvalue weighted by atomic mass is 10.1. The molecule has 0 bridgehead atoms. The normalized spacial score (nSPS) is 12.8. The first-order chi connectivity index (χ1) is 15.2. The minimum atomic E-state index is -0.0395. The fourth-order valence-corrected chi connectivity index (χ4v) is 4.05. The van der Waals surface area contributed by atoms with Crippen molar-refractivity contribution in [1.29, 1.82) is 0 Å². The summed E-state index contributed by atoms with van der Waals surface area (Å²) in [5, 5.41) is 4.90. The van der Waals surface area contributed by atoms with Gasteiger partial charge in [-0.3, -0.25) is 4.79 Å². The zero-order valence-electron chi connectivity index (χ0n) is 17.7. The van der Waals surface area contributed by atoms with Gasteiger partial charge in [-0.15, -0.1) is 0 Å². The van der Waals surface area contributed by atoms with E-state index in [1.54, 1.807) is 0 Å². The third kappa shape index (κ3) is 3.40. The van der Waals surface area contributed by atoms with E-state index in [-0.39, 0.29) is 5.91 Å². The van der Waals surface area contributed by atoms with Crippen molar-refractivity contribution in [2.24, 2.45) is 0 Å². The number of aromatic nitrogens is 3. The summed E-state index contributed by atoms with van der Waals surface area (Å²) < 4.78 is 9.71. The smallest absolute Gasteiger partial charge is 0.258 e. The Morgan fingerprint density at radius 3 is 2.48 bits per heavy atom. The number of fused-ring (bicyclic) bond motifs is 1. The summed E-state index contributed by atoms with van der Waals surface area (Å²) in [5.74, 6) is 1.55. The van der Waals surface area contributed by atoms with Gasteiger partial charge in [0.1, 0.15) is 11.6 Å². The number of nitrogens with zero attached hydrogens (tertiary/aromatic N) is 4. The molecule has 4 aromatic rings. The SMILES string of the molecule is CCOc1ccccc1C(=O)N1Cc2nn(-c3ccc(C)cc3)c(-n3cccc3)c2C1. The highest BCUT2D eigenvalue weighted by atomic mass is 16.5. The van der Waals surface area contributed by atoms with Gasteiger partial charge in [0.2, 0.25) is 0 Å². The molecule has 31 heavy (non-hydrogen) atoms. The summed E-state index contributed by atoms with van der Waals surface area (Å²) in [6, 6.07) is 19.7. The number of carbonyl (C=O) groups excluding carboxylic acids is 1. The molecule has 2 aromatic heterocycles. The largest absolute Gasteiger partial charge is 0.493 e. The van der Waals surface area contributed by atoms with Crippen LogP contribution in [0.4, 0.5) is 0 Å². The van der Waals surface area contributed by atoms with Gasteiger partial charge in [-0.1, -0.05) is 29.8 Å². The Labute approximate surface area is 181 Å². The van der Waals surface area contributed by atoms with E-state index in [2.05, 4.69) is 35.8 Å². The van der Waals surface area contributed by atoms with Gasteiger partial charge >= 0.3 is 0 Å². The maximum absolute atomic E-state index is 13.3. The topological polar surface area (TPSA) is 52.3 Å². The van der Waals surface area contributed by atoms with Crippen LogP contribution in [-0.2, 0) is 13.1 Å². The van der Waals surface area contributed by atoms with Crippen LogP contribution in [0, 0.1) is 6.92 Å². The lowest BCUT2D eigenvalue weighted by molar-refractivity contribution is 0.0745. The maximum atomic E-state index is 13.3. The summed E-state index contributed by atoms with van der Waals surface area (Å²) in [6.07, 6.45) is 4.02. The number of benzene rings is 2. The van der Waals surface area contributed by atoms with Gasteiger partial charge in [0.05, 0.1) is 36.6 Å². The first-order valence-corrected chi connectivity index (χ1v) is 10.5. The number of amides is 1. The van der Waals surface area contributed by atoms with E-state index in [0.29, 0.717) is 31.0 Å². The molecule has 1 aliphatic heterocycles. The molecule has 0 radical (unpaired) electrons. The fourth-order valence-electron chi connectivity index (χ4n) is 4.05. The Balaban J connectivity index is 1.52. The van der Waals surface area contributed by atoms with Crippen molar-refractivity contribution in [3.63, 3.8) is 0 Å². The molecule has 2 aromatic carbocycles.